The molecular formula is C21H18N2O4S. The van der Waals surface area contributed by atoms with Gasteiger partial charge in [0.05, 0.1) is 22.4 Å². The summed E-state index contributed by atoms with van der Waals surface area (Å²) in [6, 6.07) is 10.4. The summed E-state index contributed by atoms with van der Waals surface area (Å²) in [6.45, 7) is 6.38. The average molecular weight is 394 g/mol. The SMILES string of the molecule is CCOc1ccc2c(C(=O)Nc3nc4c(C)cc(C)cc4s3)cc(=O)oc2c1. The van der Waals surface area contributed by atoms with Gasteiger partial charge < -0.3 is 9.15 Å². The molecule has 28 heavy (non-hydrogen) atoms. The van der Waals surface area contributed by atoms with E-state index in [1.54, 1.807) is 18.2 Å². The highest BCUT2D eigenvalue weighted by atomic mass is 32.1. The normalized spacial score (nSPS) is 11.1. The molecule has 4 rings (SSSR count). The molecule has 7 heteroatoms. The third-order valence-electron chi connectivity index (χ3n) is 4.32. The van der Waals surface area contributed by atoms with Crippen molar-refractivity contribution in [3.8, 4) is 5.75 Å². The Balaban J connectivity index is 1.72. The van der Waals surface area contributed by atoms with E-state index in [1.807, 2.05) is 26.8 Å². The molecule has 0 saturated heterocycles. The number of anilines is 1. The van der Waals surface area contributed by atoms with Crippen LogP contribution in [0.25, 0.3) is 21.2 Å². The Kier molecular flexibility index (Phi) is 4.60. The number of amides is 1. The number of aromatic nitrogens is 1. The van der Waals surface area contributed by atoms with E-state index in [-0.39, 0.29) is 5.56 Å². The second-order valence-electron chi connectivity index (χ2n) is 6.47. The Labute approximate surface area is 164 Å². The molecule has 0 atom stereocenters. The molecule has 1 N–H and O–H groups in total. The molecule has 0 spiro atoms. The van der Waals surface area contributed by atoms with Crippen LogP contribution in [0.3, 0.4) is 0 Å². The minimum Gasteiger partial charge on any atom is -0.494 e. The number of rotatable bonds is 4. The monoisotopic (exact) mass is 394 g/mol. The van der Waals surface area contributed by atoms with E-state index in [2.05, 4.69) is 16.4 Å². The Morgan fingerprint density at radius 1 is 1.21 bits per heavy atom. The lowest BCUT2D eigenvalue weighted by Crippen LogP contribution is -2.15. The van der Waals surface area contributed by atoms with Gasteiger partial charge in [-0.25, -0.2) is 9.78 Å². The number of ether oxygens (including phenoxy) is 1. The van der Waals surface area contributed by atoms with Crippen LogP contribution in [0.5, 0.6) is 5.75 Å². The summed E-state index contributed by atoms with van der Waals surface area (Å²) in [5.74, 6) is 0.170. The summed E-state index contributed by atoms with van der Waals surface area (Å²) >= 11 is 1.40. The van der Waals surface area contributed by atoms with Crippen LogP contribution in [0.15, 0.2) is 45.6 Å². The molecular weight excluding hydrogens is 376 g/mol. The second-order valence-corrected chi connectivity index (χ2v) is 7.50. The zero-order valence-electron chi connectivity index (χ0n) is 15.7. The summed E-state index contributed by atoms with van der Waals surface area (Å²) in [5, 5.41) is 3.83. The molecule has 0 bridgehead atoms. The van der Waals surface area contributed by atoms with Crippen LogP contribution < -0.4 is 15.7 Å². The lowest BCUT2D eigenvalue weighted by molar-refractivity contribution is 0.102. The van der Waals surface area contributed by atoms with Gasteiger partial charge in [-0.3, -0.25) is 10.1 Å². The van der Waals surface area contributed by atoms with E-state index >= 15 is 0 Å². The van der Waals surface area contributed by atoms with Gasteiger partial charge in [-0.05, 0) is 50.1 Å². The van der Waals surface area contributed by atoms with Crippen molar-refractivity contribution < 1.29 is 13.9 Å². The molecule has 0 fully saturated rings. The molecule has 0 unspecified atom stereocenters. The first-order valence-corrected chi connectivity index (χ1v) is 9.66. The zero-order chi connectivity index (χ0) is 19.8. The Bertz CT molecular complexity index is 1270. The second kappa shape index (κ2) is 7.09. The highest BCUT2D eigenvalue weighted by Crippen LogP contribution is 2.30. The highest BCUT2D eigenvalue weighted by Gasteiger charge is 2.16. The highest BCUT2D eigenvalue weighted by molar-refractivity contribution is 7.22. The van der Waals surface area contributed by atoms with Gasteiger partial charge in [0.2, 0.25) is 0 Å². The number of benzene rings is 2. The Hall–Kier alpha value is -3.19. The number of nitrogens with one attached hydrogen (secondary N) is 1. The number of thiazole rings is 1. The van der Waals surface area contributed by atoms with Gasteiger partial charge in [0.25, 0.3) is 5.91 Å². The number of carbonyl (C=O) groups is 1. The first-order chi connectivity index (χ1) is 13.4. The van der Waals surface area contributed by atoms with Crippen LogP contribution >= 0.6 is 11.3 Å². The van der Waals surface area contributed by atoms with Crippen LogP contribution in [-0.2, 0) is 0 Å². The van der Waals surface area contributed by atoms with Crippen LogP contribution in [0.1, 0.15) is 28.4 Å². The van der Waals surface area contributed by atoms with Crippen molar-refractivity contribution in [3.05, 3.63) is 63.5 Å². The lowest BCUT2D eigenvalue weighted by Gasteiger charge is -2.07. The molecule has 2 aromatic heterocycles. The smallest absolute Gasteiger partial charge is 0.337 e. The zero-order valence-corrected chi connectivity index (χ0v) is 16.5. The van der Waals surface area contributed by atoms with Gasteiger partial charge in [-0.1, -0.05) is 17.4 Å². The Morgan fingerprint density at radius 2 is 2.04 bits per heavy atom. The third kappa shape index (κ3) is 3.36. The minimum absolute atomic E-state index is 0.237. The average Bonchev–Trinajstić information content (AvgIpc) is 3.03. The van der Waals surface area contributed by atoms with Gasteiger partial charge in [0, 0.05) is 17.5 Å². The summed E-state index contributed by atoms with van der Waals surface area (Å²) in [6.07, 6.45) is 0. The number of carbonyl (C=O) groups excluding carboxylic acids is 1. The van der Waals surface area contributed by atoms with Crippen LogP contribution in [0, 0.1) is 13.8 Å². The van der Waals surface area contributed by atoms with Crippen molar-refractivity contribution in [2.75, 3.05) is 11.9 Å². The number of fused-ring (bicyclic) bond motifs is 2. The molecule has 2 heterocycles. The quantitative estimate of drug-likeness (QED) is 0.509. The van der Waals surface area contributed by atoms with Crippen molar-refractivity contribution in [2.45, 2.75) is 20.8 Å². The number of hydrogen-bond acceptors (Lipinski definition) is 6. The van der Waals surface area contributed by atoms with Crippen LogP contribution in [-0.4, -0.2) is 17.5 Å². The van der Waals surface area contributed by atoms with Gasteiger partial charge in [0.15, 0.2) is 5.13 Å². The summed E-state index contributed by atoms with van der Waals surface area (Å²) < 4.78 is 11.7. The maximum Gasteiger partial charge on any atom is 0.337 e. The van der Waals surface area contributed by atoms with E-state index in [9.17, 15) is 9.59 Å². The molecule has 0 radical (unpaired) electrons. The van der Waals surface area contributed by atoms with Crippen molar-refractivity contribution in [1.29, 1.82) is 0 Å². The van der Waals surface area contributed by atoms with Crippen LogP contribution in [0.4, 0.5) is 5.13 Å². The van der Waals surface area contributed by atoms with E-state index in [4.69, 9.17) is 9.15 Å². The molecule has 1 amide bonds. The maximum absolute atomic E-state index is 12.9. The van der Waals surface area contributed by atoms with E-state index in [0.29, 0.717) is 28.5 Å². The fourth-order valence-corrected chi connectivity index (χ4v) is 4.21. The number of hydrogen-bond donors (Lipinski definition) is 1. The topological polar surface area (TPSA) is 81.4 Å². The molecule has 0 saturated carbocycles. The third-order valence-corrected chi connectivity index (χ3v) is 5.24. The van der Waals surface area contributed by atoms with Crippen LogP contribution in [0.2, 0.25) is 0 Å². The maximum atomic E-state index is 12.9. The predicted octanol–water partition coefficient (Wildman–Crippen LogP) is 4.67. The van der Waals surface area contributed by atoms with Crippen molar-refractivity contribution >= 4 is 43.6 Å². The molecule has 142 valence electrons. The molecule has 2 aromatic carbocycles. The summed E-state index contributed by atoms with van der Waals surface area (Å²) in [5.41, 5.74) is 3.01. The standard InChI is InChI=1S/C21H18N2O4S/c1-4-26-13-5-6-14-15(10-18(24)27-16(14)9-13)20(25)23-21-22-19-12(3)7-11(2)8-17(19)28-21/h5-10H,4H2,1-3H3,(H,22,23,25). The molecule has 0 aliphatic carbocycles. The van der Waals surface area contributed by atoms with Gasteiger partial charge in [0.1, 0.15) is 11.3 Å². The predicted molar refractivity (Wildman–Crippen MR) is 111 cm³/mol. The summed E-state index contributed by atoms with van der Waals surface area (Å²) in [7, 11) is 0. The van der Waals surface area contributed by atoms with E-state index in [1.165, 1.54) is 17.4 Å². The molecule has 6 nitrogen and oxygen atoms in total. The first-order valence-electron chi connectivity index (χ1n) is 8.84. The molecule has 4 aromatic rings. The number of aryl methyl sites for hydroxylation is 2. The largest absolute Gasteiger partial charge is 0.494 e. The van der Waals surface area contributed by atoms with E-state index in [0.717, 1.165) is 21.3 Å². The van der Waals surface area contributed by atoms with Crippen molar-refractivity contribution in [2.24, 2.45) is 0 Å². The first kappa shape index (κ1) is 18.2. The fourth-order valence-electron chi connectivity index (χ4n) is 3.18. The fraction of sp³-hybridized carbons (Fsp3) is 0.190. The van der Waals surface area contributed by atoms with Crippen molar-refractivity contribution in [3.63, 3.8) is 0 Å². The minimum atomic E-state index is -0.595. The van der Waals surface area contributed by atoms with Gasteiger partial charge in [-0.15, -0.1) is 0 Å². The summed E-state index contributed by atoms with van der Waals surface area (Å²) in [4.78, 5) is 29.3. The Morgan fingerprint density at radius 3 is 2.82 bits per heavy atom. The lowest BCUT2D eigenvalue weighted by atomic mass is 10.1. The van der Waals surface area contributed by atoms with Crippen molar-refractivity contribution in [1.82, 2.24) is 4.98 Å². The molecule has 0 aliphatic rings. The van der Waals surface area contributed by atoms with E-state index < -0.39 is 11.5 Å². The van der Waals surface area contributed by atoms with Gasteiger partial charge in [-0.2, -0.15) is 0 Å². The molecule has 0 aliphatic heterocycles. The number of nitrogens with zero attached hydrogens (tertiary/aromatic N) is 1. The van der Waals surface area contributed by atoms with Gasteiger partial charge >= 0.3 is 5.63 Å².